The monoisotopic (exact) mass is 367 g/mol. The highest BCUT2D eigenvalue weighted by atomic mass is 32.1. The third-order valence-electron chi connectivity index (χ3n) is 3.42. The lowest BCUT2D eigenvalue weighted by Crippen LogP contribution is -2.22. The number of nitrogens with one attached hydrogen (secondary N) is 1. The second kappa shape index (κ2) is 8.35. The van der Waals surface area contributed by atoms with Gasteiger partial charge in [-0.15, -0.1) is 11.3 Å². The van der Waals surface area contributed by atoms with E-state index in [-0.39, 0.29) is 0 Å². The van der Waals surface area contributed by atoms with E-state index >= 15 is 0 Å². The molecule has 3 N–H and O–H groups in total. The van der Waals surface area contributed by atoms with Gasteiger partial charge in [0.1, 0.15) is 11.5 Å². The number of guanidine groups is 1. The molecule has 0 saturated carbocycles. The number of ether oxygens (including phenoxy) is 1. The van der Waals surface area contributed by atoms with Gasteiger partial charge in [-0.3, -0.25) is 0 Å². The molecular weight excluding hydrogens is 346 g/mol. The molecule has 1 aromatic heterocycles. The highest BCUT2D eigenvalue weighted by Crippen LogP contribution is 2.23. The lowest BCUT2D eigenvalue weighted by atomic mass is 10.3. The van der Waals surface area contributed by atoms with Crippen LogP contribution in [0.15, 0.2) is 65.0 Å². The van der Waals surface area contributed by atoms with Crippen molar-refractivity contribution in [1.29, 1.82) is 0 Å². The number of anilines is 2. The maximum Gasteiger partial charge on any atom is 0.193 e. The Hall–Kier alpha value is -3.06. The van der Waals surface area contributed by atoms with Gasteiger partial charge in [0.05, 0.1) is 12.2 Å². The number of nitrogens with zero attached hydrogens (tertiary/aromatic N) is 3. The van der Waals surface area contributed by atoms with Crippen molar-refractivity contribution in [2.24, 2.45) is 10.7 Å². The highest BCUT2D eigenvalue weighted by Gasteiger charge is 2.04. The molecule has 7 heteroatoms. The lowest BCUT2D eigenvalue weighted by Gasteiger charge is -2.09. The Bertz CT molecular complexity index is 876. The van der Waals surface area contributed by atoms with Crippen molar-refractivity contribution in [1.82, 2.24) is 4.98 Å². The fourth-order valence-electron chi connectivity index (χ4n) is 2.19. The van der Waals surface area contributed by atoms with Gasteiger partial charge < -0.3 is 20.7 Å². The molecule has 0 aliphatic carbocycles. The zero-order chi connectivity index (χ0) is 18.4. The van der Waals surface area contributed by atoms with Gasteiger partial charge in [-0.2, -0.15) is 0 Å². The van der Waals surface area contributed by atoms with E-state index in [9.17, 15) is 0 Å². The number of aromatic nitrogens is 1. The molecule has 6 nitrogen and oxygen atoms in total. The maximum absolute atomic E-state index is 5.99. The average Bonchev–Trinajstić information content (AvgIpc) is 3.11. The first-order valence-corrected chi connectivity index (χ1v) is 9.00. The van der Waals surface area contributed by atoms with Gasteiger partial charge in [0.2, 0.25) is 0 Å². The molecule has 0 bridgehead atoms. The van der Waals surface area contributed by atoms with Crippen molar-refractivity contribution in [3.05, 3.63) is 65.7 Å². The Labute approximate surface area is 157 Å². The van der Waals surface area contributed by atoms with Crippen LogP contribution in [0.4, 0.5) is 10.8 Å². The lowest BCUT2D eigenvalue weighted by molar-refractivity contribution is 0.483. The minimum atomic E-state index is 0.335. The molecule has 0 atom stereocenters. The van der Waals surface area contributed by atoms with E-state index in [1.54, 1.807) is 11.3 Å². The third-order valence-corrected chi connectivity index (χ3v) is 4.48. The van der Waals surface area contributed by atoms with E-state index in [0.717, 1.165) is 28.0 Å². The van der Waals surface area contributed by atoms with E-state index < -0.39 is 0 Å². The van der Waals surface area contributed by atoms with E-state index in [4.69, 9.17) is 10.5 Å². The smallest absolute Gasteiger partial charge is 0.193 e. The minimum absolute atomic E-state index is 0.335. The number of hydrogen-bond acceptors (Lipinski definition) is 5. The summed E-state index contributed by atoms with van der Waals surface area (Å²) in [5, 5.41) is 6.02. The van der Waals surface area contributed by atoms with Gasteiger partial charge in [0.15, 0.2) is 11.1 Å². The number of nitrogens with two attached hydrogens (primary N) is 1. The topological polar surface area (TPSA) is 75.8 Å². The normalized spacial score (nSPS) is 11.2. The van der Waals surface area contributed by atoms with Crippen LogP contribution in [-0.2, 0) is 6.54 Å². The van der Waals surface area contributed by atoms with Gasteiger partial charge >= 0.3 is 0 Å². The molecule has 0 spiro atoms. The summed E-state index contributed by atoms with van der Waals surface area (Å²) in [7, 11) is 3.93. The van der Waals surface area contributed by atoms with Crippen molar-refractivity contribution in [2.75, 3.05) is 24.3 Å². The summed E-state index contributed by atoms with van der Waals surface area (Å²) >= 11 is 1.58. The predicted molar refractivity (Wildman–Crippen MR) is 108 cm³/mol. The highest BCUT2D eigenvalue weighted by molar-refractivity contribution is 7.13. The SMILES string of the molecule is CN(C)c1nc(CN=C(N)Nc2cccc(Oc3ccccc3)c2)cs1. The van der Waals surface area contributed by atoms with Gasteiger partial charge in [0, 0.05) is 31.2 Å². The summed E-state index contributed by atoms with van der Waals surface area (Å²) in [6.07, 6.45) is 0. The first-order chi connectivity index (χ1) is 12.6. The molecule has 0 aliphatic heterocycles. The number of aliphatic imine (C=N–C) groups is 1. The fourth-order valence-corrected chi connectivity index (χ4v) is 2.94. The van der Waals surface area contributed by atoms with Crippen LogP contribution in [0.2, 0.25) is 0 Å². The van der Waals surface area contributed by atoms with Gasteiger partial charge in [0.25, 0.3) is 0 Å². The number of para-hydroxylation sites is 1. The summed E-state index contributed by atoms with van der Waals surface area (Å²) in [4.78, 5) is 10.8. The molecule has 0 amide bonds. The molecule has 0 radical (unpaired) electrons. The molecule has 2 aromatic carbocycles. The molecular formula is C19H21N5OS. The fraction of sp³-hybridized carbons (Fsp3) is 0.158. The Morgan fingerprint density at radius 1 is 1.15 bits per heavy atom. The molecule has 3 aromatic rings. The number of rotatable bonds is 6. The largest absolute Gasteiger partial charge is 0.457 e. The quantitative estimate of drug-likeness (QED) is 0.510. The Kier molecular flexibility index (Phi) is 5.70. The van der Waals surface area contributed by atoms with Gasteiger partial charge in [-0.25, -0.2) is 9.98 Å². The van der Waals surface area contributed by atoms with Gasteiger partial charge in [-0.05, 0) is 24.3 Å². The molecule has 1 heterocycles. The van der Waals surface area contributed by atoms with E-state index in [2.05, 4.69) is 15.3 Å². The van der Waals surface area contributed by atoms with Gasteiger partial charge in [-0.1, -0.05) is 24.3 Å². The second-order valence-electron chi connectivity index (χ2n) is 5.79. The molecule has 26 heavy (non-hydrogen) atoms. The van der Waals surface area contributed by atoms with E-state index in [0.29, 0.717) is 12.5 Å². The van der Waals surface area contributed by atoms with Crippen LogP contribution in [0.25, 0.3) is 0 Å². The average molecular weight is 367 g/mol. The maximum atomic E-state index is 5.99. The molecule has 0 fully saturated rings. The van der Waals surface area contributed by atoms with E-state index in [1.165, 1.54) is 0 Å². The molecule has 134 valence electrons. The van der Waals surface area contributed by atoms with Crippen LogP contribution >= 0.6 is 11.3 Å². The zero-order valence-electron chi connectivity index (χ0n) is 14.7. The summed E-state index contributed by atoms with van der Waals surface area (Å²) < 4.78 is 5.82. The molecule has 0 unspecified atom stereocenters. The first kappa shape index (κ1) is 17.8. The van der Waals surface area contributed by atoms with Crippen LogP contribution < -0.4 is 20.7 Å². The van der Waals surface area contributed by atoms with E-state index in [1.807, 2.05) is 79.0 Å². The van der Waals surface area contributed by atoms with Crippen molar-refractivity contribution in [2.45, 2.75) is 6.54 Å². The number of hydrogen-bond donors (Lipinski definition) is 2. The predicted octanol–water partition coefficient (Wildman–Crippen LogP) is 3.93. The molecule has 0 saturated heterocycles. The van der Waals surface area contributed by atoms with Crippen molar-refractivity contribution in [3.8, 4) is 11.5 Å². The Morgan fingerprint density at radius 3 is 2.65 bits per heavy atom. The zero-order valence-corrected chi connectivity index (χ0v) is 15.5. The summed E-state index contributed by atoms with van der Waals surface area (Å²) in [6, 6.07) is 17.2. The van der Waals surface area contributed by atoms with Crippen molar-refractivity contribution >= 4 is 28.1 Å². The van der Waals surface area contributed by atoms with Crippen LogP contribution in [0.5, 0.6) is 11.5 Å². The van der Waals surface area contributed by atoms with Crippen LogP contribution in [-0.4, -0.2) is 25.0 Å². The third kappa shape index (κ3) is 4.97. The summed E-state index contributed by atoms with van der Waals surface area (Å²) in [5.41, 5.74) is 7.69. The number of benzene rings is 2. The molecule has 0 aliphatic rings. The Morgan fingerprint density at radius 2 is 1.92 bits per heavy atom. The minimum Gasteiger partial charge on any atom is -0.457 e. The summed E-state index contributed by atoms with van der Waals surface area (Å²) in [6.45, 7) is 0.434. The van der Waals surface area contributed by atoms with Crippen molar-refractivity contribution in [3.63, 3.8) is 0 Å². The van der Waals surface area contributed by atoms with Crippen molar-refractivity contribution < 1.29 is 4.74 Å². The van der Waals surface area contributed by atoms with Crippen LogP contribution in [0.1, 0.15) is 5.69 Å². The first-order valence-electron chi connectivity index (χ1n) is 8.12. The Balaban J connectivity index is 1.61. The summed E-state index contributed by atoms with van der Waals surface area (Å²) in [5.74, 6) is 1.84. The second-order valence-corrected chi connectivity index (χ2v) is 6.62. The van der Waals surface area contributed by atoms with Crippen LogP contribution in [0.3, 0.4) is 0 Å². The number of thiazole rings is 1. The van der Waals surface area contributed by atoms with Crippen LogP contribution in [0, 0.1) is 0 Å². The molecule has 3 rings (SSSR count). The standard InChI is InChI=1S/C19H21N5OS/c1-24(2)19-23-15(13-26-19)12-21-18(20)22-14-7-6-10-17(11-14)25-16-8-4-3-5-9-16/h3-11,13H,12H2,1-2H3,(H3,20,21,22).